The van der Waals surface area contributed by atoms with Crippen molar-refractivity contribution in [3.05, 3.63) is 22.7 Å². The first-order valence-electron chi connectivity index (χ1n) is 3.74. The molecule has 0 aliphatic carbocycles. The van der Waals surface area contributed by atoms with Crippen molar-refractivity contribution in [3.8, 4) is 0 Å². The van der Waals surface area contributed by atoms with Crippen molar-refractivity contribution in [2.45, 2.75) is 6.92 Å². The van der Waals surface area contributed by atoms with Crippen LogP contribution in [0, 0.1) is 6.92 Å². The molecule has 0 aliphatic heterocycles. The van der Waals surface area contributed by atoms with Crippen LogP contribution in [0.15, 0.2) is 12.1 Å². The largest absolute Gasteiger partial charge is 0.300 e. The fraction of sp³-hybridized carbons (Fsp3) is 0.125. The smallest absolute Gasteiger partial charge is 0.198 e. The second-order valence-corrected chi connectivity index (χ2v) is 4.11. The van der Waals surface area contributed by atoms with E-state index in [1.54, 1.807) is 0 Å². The third-order valence-electron chi connectivity index (χ3n) is 1.82. The predicted octanol–water partition coefficient (Wildman–Crippen LogP) is 2.54. The Hall–Kier alpha value is -0.840. The minimum absolute atomic E-state index is 0.686. The molecule has 13 heavy (non-hydrogen) atoms. The number of benzene rings is 1. The number of rotatable bonds is 1. The van der Waals surface area contributed by atoms with E-state index in [0.717, 1.165) is 20.8 Å². The first-order valence-corrected chi connectivity index (χ1v) is 4.94. The summed E-state index contributed by atoms with van der Waals surface area (Å²) >= 11 is 7.46. The maximum atomic E-state index is 6.00. The Morgan fingerprint density at radius 1 is 1.54 bits per heavy atom. The van der Waals surface area contributed by atoms with Gasteiger partial charge in [0.25, 0.3) is 0 Å². The van der Waals surface area contributed by atoms with Gasteiger partial charge in [-0.05, 0) is 18.6 Å². The third kappa shape index (κ3) is 1.37. The quantitative estimate of drug-likeness (QED) is 0.566. The van der Waals surface area contributed by atoms with Crippen molar-refractivity contribution in [2.24, 2.45) is 5.84 Å². The van der Waals surface area contributed by atoms with E-state index in [2.05, 4.69) is 10.4 Å². The standard InChI is InChI=1S/C8H8ClN3S/c1-4-2-3-5(9)7-6(4)11-8(12-10)13-7/h2-3H,10H2,1H3,(H,11,12). The van der Waals surface area contributed by atoms with Crippen molar-refractivity contribution in [3.63, 3.8) is 0 Å². The lowest BCUT2D eigenvalue weighted by atomic mass is 10.2. The minimum Gasteiger partial charge on any atom is -0.300 e. The summed E-state index contributed by atoms with van der Waals surface area (Å²) < 4.78 is 0.981. The summed E-state index contributed by atoms with van der Waals surface area (Å²) in [6, 6.07) is 3.82. The van der Waals surface area contributed by atoms with Crippen LogP contribution in [0.5, 0.6) is 0 Å². The van der Waals surface area contributed by atoms with E-state index < -0.39 is 0 Å². The number of hydrogen-bond donors (Lipinski definition) is 2. The molecule has 2 rings (SSSR count). The van der Waals surface area contributed by atoms with Gasteiger partial charge >= 0.3 is 0 Å². The third-order valence-corrected chi connectivity index (χ3v) is 3.27. The molecule has 1 aromatic heterocycles. The van der Waals surface area contributed by atoms with E-state index in [4.69, 9.17) is 17.4 Å². The summed E-state index contributed by atoms with van der Waals surface area (Å²) in [6.45, 7) is 2.00. The molecule has 3 nitrogen and oxygen atoms in total. The lowest BCUT2D eigenvalue weighted by Crippen LogP contribution is -2.05. The monoisotopic (exact) mass is 213 g/mol. The summed E-state index contributed by atoms with van der Waals surface area (Å²) in [5.41, 5.74) is 4.55. The lowest BCUT2D eigenvalue weighted by Gasteiger charge is -1.94. The number of hydrogen-bond acceptors (Lipinski definition) is 4. The molecule has 5 heteroatoms. The van der Waals surface area contributed by atoms with Crippen molar-refractivity contribution in [1.82, 2.24) is 4.98 Å². The van der Waals surface area contributed by atoms with Gasteiger partial charge in [-0.15, -0.1) is 0 Å². The molecule has 0 atom stereocenters. The number of thiazole rings is 1. The molecule has 0 saturated carbocycles. The van der Waals surface area contributed by atoms with Gasteiger partial charge in [0.2, 0.25) is 0 Å². The van der Waals surface area contributed by atoms with Crippen LogP contribution < -0.4 is 11.3 Å². The molecule has 0 aliphatic rings. The van der Waals surface area contributed by atoms with Crippen LogP contribution in [0.1, 0.15) is 5.56 Å². The summed E-state index contributed by atoms with van der Waals surface area (Å²) in [4.78, 5) is 4.29. The van der Waals surface area contributed by atoms with Gasteiger partial charge in [-0.1, -0.05) is 29.0 Å². The number of fused-ring (bicyclic) bond motifs is 1. The number of hydrazine groups is 1. The number of anilines is 1. The van der Waals surface area contributed by atoms with Crippen LogP contribution in [0.25, 0.3) is 10.2 Å². The van der Waals surface area contributed by atoms with Gasteiger partial charge in [-0.25, -0.2) is 10.8 Å². The van der Waals surface area contributed by atoms with Gasteiger partial charge in [0.05, 0.1) is 15.2 Å². The number of nitrogen functional groups attached to an aromatic ring is 1. The molecule has 1 aromatic carbocycles. The topological polar surface area (TPSA) is 50.9 Å². The Bertz CT molecular complexity index is 413. The van der Waals surface area contributed by atoms with Crippen LogP contribution in [0.3, 0.4) is 0 Å². The van der Waals surface area contributed by atoms with Crippen molar-refractivity contribution >= 4 is 38.3 Å². The zero-order chi connectivity index (χ0) is 9.42. The molecule has 0 radical (unpaired) electrons. The van der Waals surface area contributed by atoms with Crippen molar-refractivity contribution in [2.75, 3.05) is 5.43 Å². The summed E-state index contributed by atoms with van der Waals surface area (Å²) in [5.74, 6) is 5.27. The van der Waals surface area contributed by atoms with Gasteiger partial charge < -0.3 is 0 Å². The molecule has 1 heterocycles. The normalized spacial score (nSPS) is 10.7. The number of nitrogens with zero attached hydrogens (tertiary/aromatic N) is 1. The highest BCUT2D eigenvalue weighted by atomic mass is 35.5. The SMILES string of the molecule is Cc1ccc(Cl)c2sc(NN)nc12. The highest BCUT2D eigenvalue weighted by Crippen LogP contribution is 2.33. The maximum absolute atomic E-state index is 6.00. The zero-order valence-electron chi connectivity index (χ0n) is 6.97. The van der Waals surface area contributed by atoms with Crippen LogP contribution in [0.4, 0.5) is 5.13 Å². The maximum Gasteiger partial charge on any atom is 0.198 e. The van der Waals surface area contributed by atoms with Gasteiger partial charge in [-0.3, -0.25) is 5.43 Å². The van der Waals surface area contributed by atoms with E-state index in [0.29, 0.717) is 5.13 Å². The van der Waals surface area contributed by atoms with E-state index in [-0.39, 0.29) is 0 Å². The molecule has 0 amide bonds. The van der Waals surface area contributed by atoms with E-state index in [1.807, 2.05) is 19.1 Å². The molecule has 0 unspecified atom stereocenters. The molecular weight excluding hydrogens is 206 g/mol. The molecule has 68 valence electrons. The van der Waals surface area contributed by atoms with Gasteiger partial charge in [0.1, 0.15) is 0 Å². The number of halogens is 1. The van der Waals surface area contributed by atoms with Crippen LogP contribution in [-0.4, -0.2) is 4.98 Å². The molecule has 0 fully saturated rings. The molecule has 0 saturated heterocycles. The molecule has 0 spiro atoms. The molecule has 2 aromatic rings. The lowest BCUT2D eigenvalue weighted by molar-refractivity contribution is 1.30. The van der Waals surface area contributed by atoms with E-state index in [1.165, 1.54) is 11.3 Å². The van der Waals surface area contributed by atoms with Crippen LogP contribution >= 0.6 is 22.9 Å². The number of aromatic nitrogens is 1. The Kier molecular flexibility index (Phi) is 2.11. The molecular formula is C8H8ClN3S. The average molecular weight is 214 g/mol. The van der Waals surface area contributed by atoms with Crippen LogP contribution in [0.2, 0.25) is 5.02 Å². The number of nitrogens with one attached hydrogen (secondary N) is 1. The fourth-order valence-electron chi connectivity index (χ4n) is 1.16. The summed E-state index contributed by atoms with van der Waals surface area (Å²) in [7, 11) is 0. The second kappa shape index (κ2) is 3.14. The highest BCUT2D eigenvalue weighted by Gasteiger charge is 2.07. The number of aryl methyl sites for hydroxylation is 1. The van der Waals surface area contributed by atoms with Gasteiger partial charge in [0, 0.05) is 0 Å². The average Bonchev–Trinajstić information content (AvgIpc) is 2.56. The molecule has 0 bridgehead atoms. The van der Waals surface area contributed by atoms with E-state index in [9.17, 15) is 0 Å². The summed E-state index contributed by atoms with van der Waals surface area (Å²) in [5, 5.41) is 1.41. The first kappa shape index (κ1) is 8.74. The van der Waals surface area contributed by atoms with Crippen molar-refractivity contribution in [1.29, 1.82) is 0 Å². The summed E-state index contributed by atoms with van der Waals surface area (Å²) in [6.07, 6.45) is 0. The second-order valence-electron chi connectivity index (χ2n) is 2.71. The van der Waals surface area contributed by atoms with Crippen molar-refractivity contribution < 1.29 is 0 Å². The first-order chi connectivity index (χ1) is 6.22. The zero-order valence-corrected chi connectivity index (χ0v) is 8.54. The van der Waals surface area contributed by atoms with E-state index >= 15 is 0 Å². The molecule has 3 N–H and O–H groups in total. The Balaban J connectivity index is 2.80. The Morgan fingerprint density at radius 2 is 2.31 bits per heavy atom. The highest BCUT2D eigenvalue weighted by molar-refractivity contribution is 7.22. The Morgan fingerprint density at radius 3 is 2.92 bits per heavy atom. The van der Waals surface area contributed by atoms with Gasteiger partial charge in [-0.2, -0.15) is 0 Å². The predicted molar refractivity (Wildman–Crippen MR) is 57.2 cm³/mol. The van der Waals surface area contributed by atoms with Crippen LogP contribution in [-0.2, 0) is 0 Å². The fourth-order valence-corrected chi connectivity index (χ4v) is 2.29. The number of nitrogens with two attached hydrogens (primary N) is 1. The van der Waals surface area contributed by atoms with Gasteiger partial charge in [0.15, 0.2) is 5.13 Å². The minimum atomic E-state index is 0.686. The Labute approximate surface area is 84.5 Å².